The Morgan fingerprint density at radius 2 is 2.00 bits per heavy atom. The molecule has 0 bridgehead atoms. The SMILES string of the molecule is CCCNCc1ccnc(OC2CC(C)CC(C)C2)c1F. The summed E-state index contributed by atoms with van der Waals surface area (Å²) < 4.78 is 20.3. The number of hydrogen-bond acceptors (Lipinski definition) is 3. The molecule has 3 nitrogen and oxygen atoms in total. The lowest BCUT2D eigenvalue weighted by molar-refractivity contribution is 0.0921. The second kappa shape index (κ2) is 7.74. The highest BCUT2D eigenvalue weighted by Crippen LogP contribution is 2.31. The number of ether oxygens (including phenoxy) is 1. The predicted molar refractivity (Wildman–Crippen MR) is 82.8 cm³/mol. The van der Waals surface area contributed by atoms with E-state index >= 15 is 0 Å². The van der Waals surface area contributed by atoms with Gasteiger partial charge < -0.3 is 10.1 Å². The van der Waals surface area contributed by atoms with Crippen LogP contribution in [0.25, 0.3) is 0 Å². The fourth-order valence-electron chi connectivity index (χ4n) is 3.21. The van der Waals surface area contributed by atoms with E-state index in [1.54, 1.807) is 12.3 Å². The van der Waals surface area contributed by atoms with Crippen LogP contribution in [0.1, 0.15) is 52.0 Å². The molecule has 1 heterocycles. The first-order valence-electron chi connectivity index (χ1n) is 8.10. The Labute approximate surface area is 127 Å². The highest BCUT2D eigenvalue weighted by atomic mass is 19.1. The quantitative estimate of drug-likeness (QED) is 0.807. The van der Waals surface area contributed by atoms with E-state index in [4.69, 9.17) is 4.74 Å². The van der Waals surface area contributed by atoms with Gasteiger partial charge in [0.2, 0.25) is 0 Å². The molecule has 2 unspecified atom stereocenters. The highest BCUT2D eigenvalue weighted by molar-refractivity contribution is 5.23. The molecule has 1 aliphatic rings. The minimum Gasteiger partial charge on any atom is -0.472 e. The van der Waals surface area contributed by atoms with E-state index in [1.807, 2.05) is 0 Å². The van der Waals surface area contributed by atoms with E-state index in [9.17, 15) is 4.39 Å². The number of pyridine rings is 1. The number of rotatable bonds is 6. The molecule has 4 heteroatoms. The minimum atomic E-state index is -0.313. The lowest BCUT2D eigenvalue weighted by atomic mass is 9.82. The summed E-state index contributed by atoms with van der Waals surface area (Å²) in [5, 5.41) is 3.21. The topological polar surface area (TPSA) is 34.2 Å². The maximum Gasteiger partial charge on any atom is 0.250 e. The lowest BCUT2D eigenvalue weighted by Gasteiger charge is -2.31. The number of nitrogens with zero attached hydrogens (tertiary/aromatic N) is 1. The molecule has 0 aromatic carbocycles. The number of hydrogen-bond donors (Lipinski definition) is 1. The molecule has 21 heavy (non-hydrogen) atoms. The monoisotopic (exact) mass is 294 g/mol. The maximum absolute atomic E-state index is 14.4. The summed E-state index contributed by atoms with van der Waals surface area (Å²) in [6.07, 6.45) is 5.97. The van der Waals surface area contributed by atoms with Gasteiger partial charge in [-0.2, -0.15) is 0 Å². The van der Waals surface area contributed by atoms with Crippen LogP contribution in [-0.4, -0.2) is 17.6 Å². The Morgan fingerprint density at radius 1 is 1.29 bits per heavy atom. The first-order valence-corrected chi connectivity index (χ1v) is 8.10. The number of nitrogens with one attached hydrogen (secondary N) is 1. The Hall–Kier alpha value is -1.16. The van der Waals surface area contributed by atoms with E-state index in [0.717, 1.165) is 25.8 Å². The van der Waals surface area contributed by atoms with Crippen molar-refractivity contribution in [1.29, 1.82) is 0 Å². The molecule has 118 valence electrons. The van der Waals surface area contributed by atoms with E-state index in [2.05, 4.69) is 31.1 Å². The Kier molecular flexibility index (Phi) is 5.97. The molecule has 0 saturated heterocycles. The summed E-state index contributed by atoms with van der Waals surface area (Å²) in [4.78, 5) is 4.09. The van der Waals surface area contributed by atoms with Crippen molar-refractivity contribution in [3.05, 3.63) is 23.6 Å². The highest BCUT2D eigenvalue weighted by Gasteiger charge is 2.26. The number of halogens is 1. The van der Waals surface area contributed by atoms with Crippen LogP contribution in [0.3, 0.4) is 0 Å². The third-order valence-corrected chi connectivity index (χ3v) is 4.09. The van der Waals surface area contributed by atoms with Gasteiger partial charge in [-0.25, -0.2) is 9.37 Å². The molecule has 1 aliphatic carbocycles. The molecule has 0 spiro atoms. The zero-order valence-electron chi connectivity index (χ0n) is 13.4. The normalized spacial score (nSPS) is 25.8. The minimum absolute atomic E-state index is 0.0876. The van der Waals surface area contributed by atoms with Crippen LogP contribution in [0, 0.1) is 17.7 Å². The average molecular weight is 294 g/mol. The molecule has 0 aliphatic heterocycles. The van der Waals surface area contributed by atoms with Crippen LogP contribution in [0.5, 0.6) is 5.88 Å². The molecule has 2 rings (SSSR count). The molecule has 1 saturated carbocycles. The van der Waals surface area contributed by atoms with Crippen LogP contribution < -0.4 is 10.1 Å². The van der Waals surface area contributed by atoms with Crippen LogP contribution in [0.2, 0.25) is 0 Å². The maximum atomic E-state index is 14.4. The summed E-state index contributed by atoms with van der Waals surface area (Å²) in [6.45, 7) is 7.98. The van der Waals surface area contributed by atoms with Crippen LogP contribution >= 0.6 is 0 Å². The lowest BCUT2D eigenvalue weighted by Crippen LogP contribution is -2.29. The molecule has 0 radical (unpaired) electrons. The van der Waals surface area contributed by atoms with Crippen molar-refractivity contribution in [2.24, 2.45) is 11.8 Å². The van der Waals surface area contributed by atoms with Gasteiger partial charge in [-0.3, -0.25) is 0 Å². The van der Waals surface area contributed by atoms with Crippen molar-refractivity contribution in [1.82, 2.24) is 10.3 Å². The first kappa shape index (κ1) is 16.2. The predicted octanol–water partition coefficient (Wildman–Crippen LogP) is 3.92. The summed E-state index contributed by atoms with van der Waals surface area (Å²) in [5.41, 5.74) is 0.630. The van der Waals surface area contributed by atoms with Gasteiger partial charge in [0.05, 0.1) is 0 Å². The summed E-state index contributed by atoms with van der Waals surface area (Å²) in [7, 11) is 0. The Balaban J connectivity index is 2.01. The van der Waals surface area contributed by atoms with E-state index < -0.39 is 0 Å². The second-order valence-corrected chi connectivity index (χ2v) is 6.42. The van der Waals surface area contributed by atoms with Crippen molar-refractivity contribution >= 4 is 0 Å². The van der Waals surface area contributed by atoms with Crippen molar-refractivity contribution in [3.8, 4) is 5.88 Å². The molecule has 1 aromatic rings. The summed E-state index contributed by atoms with van der Waals surface area (Å²) >= 11 is 0. The fraction of sp³-hybridized carbons (Fsp3) is 0.706. The van der Waals surface area contributed by atoms with E-state index in [0.29, 0.717) is 23.9 Å². The molecule has 1 aromatic heterocycles. The second-order valence-electron chi connectivity index (χ2n) is 6.42. The van der Waals surface area contributed by atoms with Crippen LogP contribution in [0.15, 0.2) is 12.3 Å². The molecular weight excluding hydrogens is 267 g/mol. The van der Waals surface area contributed by atoms with E-state index in [-0.39, 0.29) is 17.8 Å². The van der Waals surface area contributed by atoms with Gasteiger partial charge in [0.15, 0.2) is 5.82 Å². The van der Waals surface area contributed by atoms with Gasteiger partial charge in [-0.15, -0.1) is 0 Å². The van der Waals surface area contributed by atoms with Gasteiger partial charge in [-0.05, 0) is 50.1 Å². The largest absolute Gasteiger partial charge is 0.472 e. The molecular formula is C17H27FN2O. The first-order chi connectivity index (χ1) is 10.1. The summed E-state index contributed by atoms with van der Waals surface area (Å²) in [6, 6.07) is 1.72. The van der Waals surface area contributed by atoms with Gasteiger partial charge in [0.25, 0.3) is 5.88 Å². The van der Waals surface area contributed by atoms with Crippen molar-refractivity contribution in [3.63, 3.8) is 0 Å². The molecule has 1 N–H and O–H groups in total. The zero-order valence-corrected chi connectivity index (χ0v) is 13.4. The van der Waals surface area contributed by atoms with Crippen molar-refractivity contribution in [2.45, 2.75) is 59.1 Å². The molecule has 2 atom stereocenters. The Bertz CT molecular complexity index is 442. The van der Waals surface area contributed by atoms with Crippen LogP contribution in [-0.2, 0) is 6.54 Å². The van der Waals surface area contributed by atoms with Gasteiger partial charge in [-0.1, -0.05) is 20.8 Å². The standard InChI is InChI=1S/C17H27FN2O/c1-4-6-19-11-14-5-7-20-17(16(14)18)21-15-9-12(2)8-13(3)10-15/h5,7,12-13,15,19H,4,6,8-11H2,1-3H3. The van der Waals surface area contributed by atoms with E-state index in [1.165, 1.54) is 6.42 Å². The Morgan fingerprint density at radius 3 is 2.67 bits per heavy atom. The number of aromatic nitrogens is 1. The van der Waals surface area contributed by atoms with Gasteiger partial charge in [0, 0.05) is 18.3 Å². The zero-order chi connectivity index (χ0) is 15.2. The smallest absolute Gasteiger partial charge is 0.250 e. The average Bonchev–Trinajstić information content (AvgIpc) is 2.42. The van der Waals surface area contributed by atoms with Crippen molar-refractivity contribution in [2.75, 3.05) is 6.54 Å². The van der Waals surface area contributed by atoms with Crippen molar-refractivity contribution < 1.29 is 9.13 Å². The van der Waals surface area contributed by atoms with Crippen LogP contribution in [0.4, 0.5) is 4.39 Å². The molecule has 0 amide bonds. The molecule has 1 fully saturated rings. The summed E-state index contributed by atoms with van der Waals surface area (Å²) in [5.74, 6) is 1.12. The third-order valence-electron chi connectivity index (χ3n) is 4.09. The van der Waals surface area contributed by atoms with Gasteiger partial charge in [0.1, 0.15) is 6.10 Å². The third kappa shape index (κ3) is 4.67. The van der Waals surface area contributed by atoms with Gasteiger partial charge >= 0.3 is 0 Å². The fourth-order valence-corrected chi connectivity index (χ4v) is 3.21.